The van der Waals surface area contributed by atoms with Crippen LogP contribution in [0.15, 0.2) is 87.4 Å². The highest BCUT2D eigenvalue weighted by molar-refractivity contribution is 6.19. The van der Waals surface area contributed by atoms with E-state index in [0.29, 0.717) is 6.42 Å². The second-order valence-electron chi connectivity index (χ2n) is 5.13. The van der Waals surface area contributed by atoms with Crippen molar-refractivity contribution in [2.75, 3.05) is 0 Å². The van der Waals surface area contributed by atoms with Gasteiger partial charge in [-0.1, -0.05) is 42.5 Å². The Labute approximate surface area is 128 Å². The van der Waals surface area contributed by atoms with Crippen molar-refractivity contribution in [1.29, 1.82) is 0 Å². The van der Waals surface area contributed by atoms with E-state index in [2.05, 4.69) is 12.1 Å². The number of hydrogen-bond acceptors (Lipinski definition) is 3. The summed E-state index contributed by atoms with van der Waals surface area (Å²) in [5, 5.41) is 0. The first-order valence-electron chi connectivity index (χ1n) is 7.23. The fourth-order valence-electron chi connectivity index (χ4n) is 2.56. The molecule has 3 nitrogen and oxygen atoms in total. The summed E-state index contributed by atoms with van der Waals surface area (Å²) in [6.45, 7) is 0. The van der Waals surface area contributed by atoms with Gasteiger partial charge < -0.3 is 4.42 Å². The largest absolute Gasteiger partial charge is 0.463 e. The topological polar surface area (TPSA) is 37.9 Å². The molecule has 0 aliphatic carbocycles. The van der Waals surface area contributed by atoms with Gasteiger partial charge in [0.2, 0.25) is 0 Å². The van der Waals surface area contributed by atoms with Gasteiger partial charge in [0.25, 0.3) is 0 Å². The molecular weight excluding hydrogens is 272 g/mol. The first-order valence-corrected chi connectivity index (χ1v) is 7.23. The number of furan rings is 1. The van der Waals surface area contributed by atoms with Gasteiger partial charge in [0.15, 0.2) is 0 Å². The molecule has 4 rings (SSSR count). The first kappa shape index (κ1) is 12.8. The molecule has 2 aromatic carbocycles. The van der Waals surface area contributed by atoms with E-state index in [0.717, 1.165) is 34.1 Å². The highest BCUT2D eigenvalue weighted by atomic mass is 16.3. The molecule has 0 saturated carbocycles. The average molecular weight is 286 g/mol. The maximum atomic E-state index is 5.54. The van der Waals surface area contributed by atoms with Gasteiger partial charge in [-0.3, -0.25) is 4.99 Å². The molecule has 22 heavy (non-hydrogen) atoms. The molecule has 3 heteroatoms. The van der Waals surface area contributed by atoms with Gasteiger partial charge in [0, 0.05) is 6.42 Å². The SMILES string of the molecule is c1ccc(C2=Nc3ccccc3N=C(c3ccco3)C2)cc1. The molecule has 0 N–H and O–H groups in total. The Morgan fingerprint density at radius 3 is 2.05 bits per heavy atom. The van der Waals surface area contributed by atoms with E-state index in [1.54, 1.807) is 6.26 Å². The van der Waals surface area contributed by atoms with Crippen molar-refractivity contribution >= 4 is 22.8 Å². The van der Waals surface area contributed by atoms with Gasteiger partial charge in [0.05, 0.1) is 29.1 Å². The van der Waals surface area contributed by atoms with Crippen molar-refractivity contribution in [3.05, 3.63) is 84.3 Å². The van der Waals surface area contributed by atoms with E-state index in [1.807, 2.05) is 54.6 Å². The number of rotatable bonds is 2. The van der Waals surface area contributed by atoms with E-state index < -0.39 is 0 Å². The molecule has 1 aliphatic rings. The summed E-state index contributed by atoms with van der Waals surface area (Å²) in [6, 6.07) is 22.0. The van der Waals surface area contributed by atoms with Gasteiger partial charge in [0.1, 0.15) is 5.76 Å². The molecule has 0 spiro atoms. The molecule has 0 amide bonds. The minimum atomic E-state index is 0.645. The van der Waals surface area contributed by atoms with Gasteiger partial charge in [-0.15, -0.1) is 0 Å². The normalized spacial score (nSPS) is 13.8. The van der Waals surface area contributed by atoms with Crippen molar-refractivity contribution in [1.82, 2.24) is 0 Å². The Hall–Kier alpha value is -2.94. The minimum absolute atomic E-state index is 0.645. The number of para-hydroxylation sites is 2. The molecule has 2 heterocycles. The molecule has 106 valence electrons. The lowest BCUT2D eigenvalue weighted by molar-refractivity contribution is 0.557. The maximum Gasteiger partial charge on any atom is 0.148 e. The van der Waals surface area contributed by atoms with E-state index in [-0.39, 0.29) is 0 Å². The standard InChI is InChI=1S/C19H14N2O/c1-2-7-14(8-3-1)17-13-18(19-11-6-12-22-19)21-16-10-5-4-9-15(16)20-17/h1-12H,13H2. The molecular formula is C19H14N2O. The smallest absolute Gasteiger partial charge is 0.148 e. The van der Waals surface area contributed by atoms with Gasteiger partial charge >= 0.3 is 0 Å². The van der Waals surface area contributed by atoms with Crippen LogP contribution < -0.4 is 0 Å². The van der Waals surface area contributed by atoms with Crippen LogP contribution >= 0.6 is 0 Å². The van der Waals surface area contributed by atoms with Crippen molar-refractivity contribution in [2.24, 2.45) is 9.98 Å². The Bertz CT molecular complexity index is 846. The Balaban J connectivity index is 1.88. The van der Waals surface area contributed by atoms with E-state index in [4.69, 9.17) is 14.4 Å². The van der Waals surface area contributed by atoms with Crippen molar-refractivity contribution < 1.29 is 4.42 Å². The number of fused-ring (bicyclic) bond motifs is 1. The highest BCUT2D eigenvalue weighted by Gasteiger charge is 2.17. The van der Waals surface area contributed by atoms with Crippen LogP contribution in [0.1, 0.15) is 17.7 Å². The summed E-state index contributed by atoms with van der Waals surface area (Å²) in [5.74, 6) is 0.792. The fourth-order valence-corrected chi connectivity index (χ4v) is 2.56. The second kappa shape index (κ2) is 5.45. The third kappa shape index (κ3) is 2.37. The van der Waals surface area contributed by atoms with Crippen molar-refractivity contribution in [2.45, 2.75) is 6.42 Å². The van der Waals surface area contributed by atoms with E-state index >= 15 is 0 Å². The van der Waals surface area contributed by atoms with Crippen LogP contribution in [0, 0.1) is 0 Å². The lowest BCUT2D eigenvalue weighted by Crippen LogP contribution is -2.09. The minimum Gasteiger partial charge on any atom is -0.463 e. The predicted octanol–water partition coefficient (Wildman–Crippen LogP) is 4.92. The van der Waals surface area contributed by atoms with Gasteiger partial charge in [-0.05, 0) is 29.8 Å². The van der Waals surface area contributed by atoms with Crippen LogP contribution in [0.3, 0.4) is 0 Å². The Morgan fingerprint density at radius 2 is 1.36 bits per heavy atom. The number of nitrogens with zero attached hydrogens (tertiary/aromatic N) is 2. The second-order valence-corrected chi connectivity index (χ2v) is 5.13. The first-order chi connectivity index (χ1) is 10.9. The quantitative estimate of drug-likeness (QED) is 0.658. The van der Waals surface area contributed by atoms with Crippen LogP contribution in [-0.2, 0) is 0 Å². The van der Waals surface area contributed by atoms with Crippen LogP contribution in [0.2, 0.25) is 0 Å². The summed E-state index contributed by atoms with van der Waals surface area (Å²) < 4.78 is 5.54. The molecule has 0 unspecified atom stereocenters. The number of hydrogen-bond donors (Lipinski definition) is 0. The molecule has 0 bridgehead atoms. The summed E-state index contributed by atoms with van der Waals surface area (Å²) in [6.07, 6.45) is 2.32. The Kier molecular flexibility index (Phi) is 3.16. The fraction of sp³-hybridized carbons (Fsp3) is 0.0526. The Morgan fingerprint density at radius 1 is 0.682 bits per heavy atom. The maximum absolute atomic E-state index is 5.54. The van der Waals surface area contributed by atoms with Crippen molar-refractivity contribution in [3.63, 3.8) is 0 Å². The third-order valence-electron chi connectivity index (χ3n) is 3.64. The molecule has 0 radical (unpaired) electrons. The van der Waals surface area contributed by atoms with E-state index in [9.17, 15) is 0 Å². The molecule has 0 fully saturated rings. The summed E-state index contributed by atoms with van der Waals surface area (Å²) in [4.78, 5) is 9.60. The zero-order valence-electron chi connectivity index (χ0n) is 11.9. The van der Waals surface area contributed by atoms with Crippen LogP contribution in [0.25, 0.3) is 0 Å². The van der Waals surface area contributed by atoms with Gasteiger partial charge in [-0.2, -0.15) is 0 Å². The molecule has 1 aromatic heterocycles. The molecule has 1 aliphatic heterocycles. The lowest BCUT2D eigenvalue weighted by atomic mass is 10.0. The average Bonchev–Trinajstić information content (AvgIpc) is 3.03. The summed E-state index contributed by atoms with van der Waals surface area (Å²) in [5.41, 5.74) is 4.78. The lowest BCUT2D eigenvalue weighted by Gasteiger charge is -2.05. The van der Waals surface area contributed by atoms with Gasteiger partial charge in [-0.25, -0.2) is 4.99 Å². The summed E-state index contributed by atoms with van der Waals surface area (Å²) in [7, 11) is 0. The van der Waals surface area contributed by atoms with Crippen LogP contribution in [0.4, 0.5) is 11.4 Å². The number of benzene rings is 2. The highest BCUT2D eigenvalue weighted by Crippen LogP contribution is 2.32. The predicted molar refractivity (Wildman–Crippen MR) is 88.6 cm³/mol. The third-order valence-corrected chi connectivity index (χ3v) is 3.64. The zero-order valence-corrected chi connectivity index (χ0v) is 11.9. The van der Waals surface area contributed by atoms with Crippen molar-refractivity contribution in [3.8, 4) is 0 Å². The molecule has 0 atom stereocenters. The zero-order chi connectivity index (χ0) is 14.8. The van der Waals surface area contributed by atoms with Crippen LogP contribution in [-0.4, -0.2) is 11.4 Å². The number of aliphatic imine (C=N–C) groups is 2. The van der Waals surface area contributed by atoms with Crippen LogP contribution in [0.5, 0.6) is 0 Å². The summed E-state index contributed by atoms with van der Waals surface area (Å²) >= 11 is 0. The molecule has 3 aromatic rings. The molecule has 0 saturated heterocycles. The monoisotopic (exact) mass is 286 g/mol. The van der Waals surface area contributed by atoms with E-state index in [1.165, 1.54) is 0 Å².